The summed E-state index contributed by atoms with van der Waals surface area (Å²) in [7, 11) is 0. The third-order valence-corrected chi connectivity index (χ3v) is 3.41. The Morgan fingerprint density at radius 2 is 1.78 bits per heavy atom. The third kappa shape index (κ3) is 3.90. The second-order valence-corrected chi connectivity index (χ2v) is 5.28. The summed E-state index contributed by atoms with van der Waals surface area (Å²) in [6, 6.07) is 17.0. The maximum absolute atomic E-state index is 5.86. The summed E-state index contributed by atoms with van der Waals surface area (Å²) in [4.78, 5) is 4.50. The number of anilines is 1. The lowest BCUT2D eigenvalue weighted by Crippen LogP contribution is -2.05. The molecule has 6 heteroatoms. The highest BCUT2D eigenvalue weighted by Gasteiger charge is 2.05. The molecule has 0 unspecified atom stereocenters. The predicted octanol–water partition coefficient (Wildman–Crippen LogP) is 4.03. The maximum atomic E-state index is 5.86. The van der Waals surface area contributed by atoms with Crippen molar-refractivity contribution in [1.29, 1.82) is 0 Å². The van der Waals surface area contributed by atoms with Crippen molar-refractivity contribution >= 4 is 23.0 Å². The molecule has 1 aromatic heterocycles. The van der Waals surface area contributed by atoms with Gasteiger partial charge in [0.2, 0.25) is 0 Å². The van der Waals surface area contributed by atoms with Crippen molar-refractivity contribution < 1.29 is 0 Å². The lowest BCUT2D eigenvalue weighted by Gasteiger charge is -2.04. The van der Waals surface area contributed by atoms with E-state index in [0.29, 0.717) is 22.3 Å². The second-order valence-electron chi connectivity index (χ2n) is 4.85. The van der Waals surface area contributed by atoms with E-state index in [1.807, 2.05) is 49.4 Å². The molecule has 2 aromatic carbocycles. The minimum Gasteiger partial charge on any atom is -0.278 e. The largest absolute Gasteiger partial charge is 0.278 e. The van der Waals surface area contributed by atoms with Crippen LogP contribution in [0.5, 0.6) is 0 Å². The van der Waals surface area contributed by atoms with E-state index in [4.69, 9.17) is 11.6 Å². The molecule has 0 amide bonds. The van der Waals surface area contributed by atoms with Gasteiger partial charge in [0.1, 0.15) is 5.69 Å². The molecule has 0 bridgehead atoms. The summed E-state index contributed by atoms with van der Waals surface area (Å²) < 4.78 is 0. The zero-order valence-electron chi connectivity index (χ0n) is 12.4. The van der Waals surface area contributed by atoms with Crippen molar-refractivity contribution in [2.24, 2.45) is 5.10 Å². The van der Waals surface area contributed by atoms with Gasteiger partial charge in [-0.3, -0.25) is 5.43 Å². The van der Waals surface area contributed by atoms with E-state index in [-0.39, 0.29) is 0 Å². The summed E-state index contributed by atoms with van der Waals surface area (Å²) in [6.07, 6.45) is 1.59. The van der Waals surface area contributed by atoms with Crippen molar-refractivity contribution in [1.82, 2.24) is 15.2 Å². The highest BCUT2D eigenvalue weighted by molar-refractivity contribution is 6.30. The Bertz CT molecular complexity index is 816. The number of hydrogen-bond donors (Lipinski definition) is 1. The zero-order valence-corrected chi connectivity index (χ0v) is 13.2. The molecule has 3 aromatic rings. The summed E-state index contributed by atoms with van der Waals surface area (Å²) in [6.45, 7) is 1.86. The van der Waals surface area contributed by atoms with Crippen LogP contribution < -0.4 is 5.43 Å². The minimum absolute atomic E-state index is 0.573. The first-order valence-electron chi connectivity index (χ1n) is 7.04. The Morgan fingerprint density at radius 3 is 2.52 bits per heavy atom. The van der Waals surface area contributed by atoms with Crippen LogP contribution in [0.3, 0.4) is 0 Å². The summed E-state index contributed by atoms with van der Waals surface area (Å²) in [5.74, 6) is 0.573. The molecule has 0 spiro atoms. The molecule has 0 aliphatic carbocycles. The molecule has 1 heterocycles. The van der Waals surface area contributed by atoms with Gasteiger partial charge in [0.05, 0.1) is 17.6 Å². The number of hydrogen-bond acceptors (Lipinski definition) is 5. The average molecular weight is 324 g/mol. The first-order chi connectivity index (χ1) is 11.2. The van der Waals surface area contributed by atoms with Gasteiger partial charge < -0.3 is 0 Å². The van der Waals surface area contributed by atoms with Gasteiger partial charge in [0.15, 0.2) is 5.82 Å². The van der Waals surface area contributed by atoms with Gasteiger partial charge in [-0.1, -0.05) is 41.9 Å². The normalized spacial score (nSPS) is 11.3. The fraction of sp³-hybridized carbons (Fsp3) is 0.0588. The van der Waals surface area contributed by atoms with Crippen LogP contribution in [-0.2, 0) is 0 Å². The van der Waals surface area contributed by atoms with Gasteiger partial charge in [0.25, 0.3) is 0 Å². The van der Waals surface area contributed by atoms with Crippen LogP contribution in [0, 0.1) is 0 Å². The highest BCUT2D eigenvalue weighted by atomic mass is 35.5. The Balaban J connectivity index is 1.80. The van der Waals surface area contributed by atoms with Crippen LogP contribution in [0.2, 0.25) is 5.02 Å². The van der Waals surface area contributed by atoms with Gasteiger partial charge in [-0.15, -0.1) is 5.10 Å². The first kappa shape index (κ1) is 15.1. The molecule has 114 valence electrons. The predicted molar refractivity (Wildman–Crippen MR) is 92.5 cm³/mol. The number of benzene rings is 2. The molecule has 0 fully saturated rings. The van der Waals surface area contributed by atoms with E-state index in [1.54, 1.807) is 18.3 Å². The monoisotopic (exact) mass is 323 g/mol. The van der Waals surface area contributed by atoms with Crippen LogP contribution in [0.25, 0.3) is 11.4 Å². The highest BCUT2D eigenvalue weighted by Crippen LogP contribution is 2.15. The van der Waals surface area contributed by atoms with E-state index >= 15 is 0 Å². The molecule has 5 nitrogen and oxygen atoms in total. The number of rotatable bonds is 4. The van der Waals surface area contributed by atoms with Crippen LogP contribution in [-0.4, -0.2) is 20.9 Å². The summed E-state index contributed by atoms with van der Waals surface area (Å²) >= 11 is 5.86. The van der Waals surface area contributed by atoms with Crippen LogP contribution in [0.15, 0.2) is 65.9 Å². The standard InChI is InChI=1S/C17H14ClN5/c1-12(21-22-15-9-7-14(18)8-10-15)16-11-19-23-17(20-16)13-5-3-2-4-6-13/h2-11,22H,1H3. The maximum Gasteiger partial charge on any atom is 0.182 e. The number of nitrogens with zero attached hydrogens (tertiary/aromatic N) is 4. The average Bonchev–Trinajstić information content (AvgIpc) is 2.62. The Kier molecular flexibility index (Phi) is 4.59. The molecule has 0 aliphatic heterocycles. The van der Waals surface area contributed by atoms with E-state index < -0.39 is 0 Å². The smallest absolute Gasteiger partial charge is 0.182 e. The molecule has 0 saturated carbocycles. The SMILES string of the molecule is CC(=NNc1ccc(Cl)cc1)c1cnnc(-c2ccccc2)n1. The Labute approximate surface area is 139 Å². The fourth-order valence-corrected chi connectivity index (χ4v) is 2.04. The summed E-state index contributed by atoms with van der Waals surface area (Å²) in [5.41, 5.74) is 6.12. The molecule has 0 radical (unpaired) electrons. The van der Waals surface area contributed by atoms with Gasteiger partial charge in [-0.25, -0.2) is 4.98 Å². The van der Waals surface area contributed by atoms with Crippen molar-refractivity contribution in [3.05, 3.63) is 71.5 Å². The molecule has 23 heavy (non-hydrogen) atoms. The van der Waals surface area contributed by atoms with Crippen molar-refractivity contribution in [3.63, 3.8) is 0 Å². The van der Waals surface area contributed by atoms with Crippen LogP contribution in [0.1, 0.15) is 12.6 Å². The lowest BCUT2D eigenvalue weighted by molar-refractivity contribution is 0.970. The number of halogens is 1. The lowest BCUT2D eigenvalue weighted by atomic mass is 10.2. The van der Waals surface area contributed by atoms with Gasteiger partial charge in [-0.2, -0.15) is 10.2 Å². The number of hydrazone groups is 1. The first-order valence-corrected chi connectivity index (χ1v) is 7.41. The zero-order chi connectivity index (χ0) is 16.1. The van der Waals surface area contributed by atoms with Crippen LogP contribution >= 0.6 is 11.6 Å². The molecule has 0 atom stereocenters. The third-order valence-electron chi connectivity index (χ3n) is 3.16. The Morgan fingerprint density at radius 1 is 1.04 bits per heavy atom. The van der Waals surface area contributed by atoms with E-state index in [9.17, 15) is 0 Å². The van der Waals surface area contributed by atoms with Crippen molar-refractivity contribution in [2.75, 3.05) is 5.43 Å². The van der Waals surface area contributed by atoms with Crippen molar-refractivity contribution in [2.45, 2.75) is 6.92 Å². The molecule has 0 saturated heterocycles. The number of aromatic nitrogens is 3. The summed E-state index contributed by atoms with van der Waals surface area (Å²) in [5, 5.41) is 13.1. The Hall–Kier alpha value is -2.79. The molecular formula is C17H14ClN5. The molecule has 3 rings (SSSR count). The van der Waals surface area contributed by atoms with Gasteiger partial charge in [-0.05, 0) is 31.2 Å². The van der Waals surface area contributed by atoms with Crippen molar-refractivity contribution in [3.8, 4) is 11.4 Å². The topological polar surface area (TPSA) is 63.1 Å². The molecular weight excluding hydrogens is 310 g/mol. The molecule has 0 aliphatic rings. The minimum atomic E-state index is 0.573. The van der Waals surface area contributed by atoms with Gasteiger partial charge in [0, 0.05) is 10.6 Å². The fourth-order valence-electron chi connectivity index (χ4n) is 1.92. The van der Waals surface area contributed by atoms with Gasteiger partial charge >= 0.3 is 0 Å². The number of nitrogens with one attached hydrogen (secondary N) is 1. The van der Waals surface area contributed by atoms with Crippen LogP contribution in [0.4, 0.5) is 5.69 Å². The van der Waals surface area contributed by atoms with E-state index in [0.717, 1.165) is 11.3 Å². The van der Waals surface area contributed by atoms with E-state index in [1.165, 1.54) is 0 Å². The quantitative estimate of drug-likeness (QED) is 0.581. The second kappa shape index (κ2) is 6.98. The molecule has 1 N–H and O–H groups in total. The van der Waals surface area contributed by atoms with E-state index in [2.05, 4.69) is 25.7 Å².